The summed E-state index contributed by atoms with van der Waals surface area (Å²) in [5.74, 6) is -0.538. The number of anilines is 1. The molecule has 0 radical (unpaired) electrons. The predicted molar refractivity (Wildman–Crippen MR) is 59.2 cm³/mol. The number of carboxylic acids is 1. The van der Waals surface area contributed by atoms with Crippen LogP contribution in [0.4, 0.5) is 5.82 Å². The number of pyridine rings is 1. The van der Waals surface area contributed by atoms with E-state index in [4.69, 9.17) is 5.11 Å². The number of aromatic carboxylic acids is 1. The molecule has 15 heavy (non-hydrogen) atoms. The summed E-state index contributed by atoms with van der Waals surface area (Å²) in [7, 11) is 0. The Hall–Kier alpha value is -1.84. The summed E-state index contributed by atoms with van der Waals surface area (Å²) in [6.07, 6.45) is 5.39. The van der Waals surface area contributed by atoms with Crippen LogP contribution in [0.25, 0.3) is 0 Å². The van der Waals surface area contributed by atoms with Crippen LogP contribution in [0.5, 0.6) is 0 Å². The quantitative estimate of drug-likeness (QED) is 0.740. The number of aromatic nitrogens is 1. The van der Waals surface area contributed by atoms with Gasteiger partial charge >= 0.3 is 5.97 Å². The van der Waals surface area contributed by atoms with Crippen LogP contribution in [-0.4, -0.2) is 22.6 Å². The molecule has 0 bridgehead atoms. The Morgan fingerprint density at radius 2 is 2.40 bits per heavy atom. The molecule has 4 heteroatoms. The lowest BCUT2D eigenvalue weighted by molar-refractivity contribution is 0.0697. The van der Waals surface area contributed by atoms with Gasteiger partial charge in [0.2, 0.25) is 0 Å². The van der Waals surface area contributed by atoms with Crippen LogP contribution in [-0.2, 0) is 0 Å². The van der Waals surface area contributed by atoms with Gasteiger partial charge in [-0.1, -0.05) is 12.2 Å². The van der Waals surface area contributed by atoms with Crippen LogP contribution in [0.3, 0.4) is 0 Å². The van der Waals surface area contributed by atoms with Crippen molar-refractivity contribution < 1.29 is 9.90 Å². The largest absolute Gasteiger partial charge is 0.478 e. The van der Waals surface area contributed by atoms with Crippen LogP contribution >= 0.6 is 0 Å². The van der Waals surface area contributed by atoms with Crippen molar-refractivity contribution in [2.75, 3.05) is 11.9 Å². The van der Waals surface area contributed by atoms with Gasteiger partial charge in [-0.3, -0.25) is 0 Å². The predicted octanol–water partition coefficient (Wildman–Crippen LogP) is 2.08. The minimum Gasteiger partial charge on any atom is -0.478 e. The number of carboxylic acid groups (broad SMARTS) is 1. The summed E-state index contributed by atoms with van der Waals surface area (Å²) >= 11 is 0. The molecule has 0 saturated carbocycles. The molecule has 0 aliphatic heterocycles. The Bertz CT molecular complexity index is 386. The summed E-state index contributed by atoms with van der Waals surface area (Å²) in [6, 6.07) is 1.68. The molecule has 0 saturated heterocycles. The molecule has 2 N–H and O–H groups in total. The van der Waals surface area contributed by atoms with Gasteiger partial charge in [0, 0.05) is 12.7 Å². The Balaban J connectivity index is 2.95. The van der Waals surface area contributed by atoms with Crippen molar-refractivity contribution in [3.05, 3.63) is 35.5 Å². The lowest BCUT2D eigenvalue weighted by Gasteiger charge is -2.08. The van der Waals surface area contributed by atoms with E-state index in [1.54, 1.807) is 19.2 Å². The van der Waals surface area contributed by atoms with Gasteiger partial charge in [-0.05, 0) is 25.5 Å². The van der Waals surface area contributed by atoms with Crippen molar-refractivity contribution in [2.24, 2.45) is 0 Å². The van der Waals surface area contributed by atoms with Crippen LogP contribution in [0.15, 0.2) is 24.4 Å². The highest BCUT2D eigenvalue weighted by atomic mass is 16.4. The lowest BCUT2D eigenvalue weighted by atomic mass is 10.1. The number of allylic oxidation sites excluding steroid dienone is 1. The molecule has 0 atom stereocenters. The first-order valence-corrected chi connectivity index (χ1v) is 4.70. The third-order valence-electron chi connectivity index (χ3n) is 2.00. The van der Waals surface area contributed by atoms with E-state index in [1.165, 1.54) is 0 Å². The molecule has 0 unspecified atom stereocenters. The number of rotatable bonds is 4. The molecule has 0 aromatic carbocycles. The number of nitrogens with zero attached hydrogens (tertiary/aromatic N) is 1. The second-order valence-corrected chi connectivity index (χ2v) is 3.11. The van der Waals surface area contributed by atoms with Gasteiger partial charge in [-0.2, -0.15) is 0 Å². The van der Waals surface area contributed by atoms with Gasteiger partial charge < -0.3 is 10.4 Å². The van der Waals surface area contributed by atoms with Gasteiger partial charge in [-0.15, -0.1) is 0 Å². The molecule has 1 heterocycles. The Kier molecular flexibility index (Phi) is 3.85. The molecular weight excluding hydrogens is 192 g/mol. The Morgan fingerprint density at radius 3 is 3.00 bits per heavy atom. The fraction of sp³-hybridized carbons (Fsp3) is 0.273. The van der Waals surface area contributed by atoms with Crippen LogP contribution in [0, 0.1) is 6.92 Å². The monoisotopic (exact) mass is 206 g/mol. The molecule has 1 aromatic rings. The smallest absolute Gasteiger partial charge is 0.339 e. The Labute approximate surface area is 88.7 Å². The van der Waals surface area contributed by atoms with E-state index in [-0.39, 0.29) is 5.56 Å². The van der Waals surface area contributed by atoms with Crippen LogP contribution < -0.4 is 5.32 Å². The SMILES string of the molecule is C/C=C/CNc1nccc(C)c1C(=O)O. The van der Waals surface area contributed by atoms with E-state index in [2.05, 4.69) is 10.3 Å². The molecule has 4 nitrogen and oxygen atoms in total. The number of hydrogen-bond acceptors (Lipinski definition) is 3. The van der Waals surface area contributed by atoms with Crippen molar-refractivity contribution in [3.63, 3.8) is 0 Å². The topological polar surface area (TPSA) is 62.2 Å². The lowest BCUT2D eigenvalue weighted by Crippen LogP contribution is -2.09. The molecule has 80 valence electrons. The summed E-state index contributed by atoms with van der Waals surface area (Å²) in [4.78, 5) is 15.0. The average molecular weight is 206 g/mol. The molecule has 1 rings (SSSR count). The third-order valence-corrected chi connectivity index (χ3v) is 2.00. The van der Waals surface area contributed by atoms with Gasteiger partial charge in [0.1, 0.15) is 11.4 Å². The summed E-state index contributed by atoms with van der Waals surface area (Å²) in [5, 5.41) is 12.0. The second-order valence-electron chi connectivity index (χ2n) is 3.11. The summed E-state index contributed by atoms with van der Waals surface area (Å²) < 4.78 is 0. The van der Waals surface area contributed by atoms with E-state index in [0.717, 1.165) is 0 Å². The molecule has 0 aliphatic rings. The summed E-state index contributed by atoms with van der Waals surface area (Å²) in [5.41, 5.74) is 0.947. The zero-order valence-electron chi connectivity index (χ0n) is 8.82. The van der Waals surface area contributed by atoms with E-state index in [0.29, 0.717) is 17.9 Å². The molecule has 0 spiro atoms. The van der Waals surface area contributed by atoms with Crippen LogP contribution in [0.1, 0.15) is 22.8 Å². The number of hydrogen-bond donors (Lipinski definition) is 2. The maximum atomic E-state index is 11.0. The highest BCUT2D eigenvalue weighted by Crippen LogP contribution is 2.15. The maximum absolute atomic E-state index is 11.0. The van der Waals surface area contributed by atoms with Crippen molar-refractivity contribution in [3.8, 4) is 0 Å². The maximum Gasteiger partial charge on any atom is 0.339 e. The van der Waals surface area contributed by atoms with Gasteiger partial charge in [0.05, 0.1) is 0 Å². The fourth-order valence-corrected chi connectivity index (χ4v) is 1.24. The molecule has 0 fully saturated rings. The molecular formula is C11H14N2O2. The molecule has 1 aromatic heterocycles. The molecule has 0 amide bonds. The zero-order chi connectivity index (χ0) is 11.3. The van der Waals surface area contributed by atoms with Crippen molar-refractivity contribution in [2.45, 2.75) is 13.8 Å². The van der Waals surface area contributed by atoms with Gasteiger partial charge in [0.15, 0.2) is 0 Å². The van der Waals surface area contributed by atoms with E-state index in [9.17, 15) is 4.79 Å². The second kappa shape index (κ2) is 5.14. The van der Waals surface area contributed by atoms with E-state index >= 15 is 0 Å². The fourth-order valence-electron chi connectivity index (χ4n) is 1.24. The minimum atomic E-state index is -0.955. The standard InChI is InChI=1S/C11H14N2O2/c1-3-4-6-12-10-9(11(14)15)8(2)5-7-13-10/h3-5,7H,6H2,1-2H3,(H,12,13)(H,14,15)/b4-3+. The van der Waals surface area contributed by atoms with E-state index < -0.39 is 5.97 Å². The molecule has 0 aliphatic carbocycles. The van der Waals surface area contributed by atoms with Crippen molar-refractivity contribution >= 4 is 11.8 Å². The average Bonchev–Trinajstić information content (AvgIpc) is 2.17. The van der Waals surface area contributed by atoms with Crippen molar-refractivity contribution in [1.82, 2.24) is 4.98 Å². The van der Waals surface area contributed by atoms with Crippen molar-refractivity contribution in [1.29, 1.82) is 0 Å². The zero-order valence-corrected chi connectivity index (χ0v) is 8.82. The summed E-state index contributed by atoms with van der Waals surface area (Å²) in [6.45, 7) is 4.24. The minimum absolute atomic E-state index is 0.238. The first kappa shape index (κ1) is 11.2. The Morgan fingerprint density at radius 1 is 1.67 bits per heavy atom. The number of aryl methyl sites for hydroxylation is 1. The highest BCUT2D eigenvalue weighted by molar-refractivity contribution is 5.94. The number of nitrogens with one attached hydrogen (secondary N) is 1. The first-order chi connectivity index (χ1) is 7.16. The number of carbonyl (C=O) groups is 1. The first-order valence-electron chi connectivity index (χ1n) is 4.70. The highest BCUT2D eigenvalue weighted by Gasteiger charge is 2.13. The van der Waals surface area contributed by atoms with E-state index in [1.807, 2.05) is 19.1 Å². The normalized spacial score (nSPS) is 10.5. The van der Waals surface area contributed by atoms with Gasteiger partial charge in [0.25, 0.3) is 0 Å². The third kappa shape index (κ3) is 2.80. The van der Waals surface area contributed by atoms with Gasteiger partial charge in [-0.25, -0.2) is 9.78 Å². The van der Waals surface area contributed by atoms with Crippen LogP contribution in [0.2, 0.25) is 0 Å².